The van der Waals surface area contributed by atoms with E-state index < -0.39 is 6.10 Å². The first-order chi connectivity index (χ1) is 16.5. The predicted octanol–water partition coefficient (Wildman–Crippen LogP) is 2.28. The quantitative estimate of drug-likeness (QED) is 0.543. The summed E-state index contributed by atoms with van der Waals surface area (Å²) in [6.07, 6.45) is 3.52. The number of hydrogen-bond donors (Lipinski definition) is 2. The van der Waals surface area contributed by atoms with Crippen molar-refractivity contribution >= 4 is 11.0 Å². The van der Waals surface area contributed by atoms with Crippen LogP contribution in [-0.4, -0.2) is 57.5 Å². The lowest BCUT2D eigenvalue weighted by Gasteiger charge is -2.31. The number of aliphatic hydroxyl groups excluding tert-OH is 1. The normalized spacial score (nSPS) is 19.4. The van der Waals surface area contributed by atoms with Crippen LogP contribution in [0.1, 0.15) is 60.5 Å². The van der Waals surface area contributed by atoms with Crippen LogP contribution in [0.4, 0.5) is 0 Å². The molecule has 3 N–H and O–H groups in total. The van der Waals surface area contributed by atoms with Crippen LogP contribution in [0.2, 0.25) is 0 Å². The van der Waals surface area contributed by atoms with Gasteiger partial charge in [0, 0.05) is 48.3 Å². The maximum absolute atomic E-state index is 13.0. The Bertz CT molecular complexity index is 1210. The van der Waals surface area contributed by atoms with Gasteiger partial charge in [0.05, 0.1) is 5.69 Å². The second-order valence-corrected chi connectivity index (χ2v) is 9.38. The summed E-state index contributed by atoms with van der Waals surface area (Å²) in [4.78, 5) is 20.0. The fourth-order valence-electron chi connectivity index (χ4n) is 5.25. The van der Waals surface area contributed by atoms with Gasteiger partial charge in [0.2, 0.25) is 0 Å². The summed E-state index contributed by atoms with van der Waals surface area (Å²) in [5, 5.41) is 15.6. The number of likely N-dealkylation sites (tertiary alicyclic amines) is 1. The van der Waals surface area contributed by atoms with Crippen molar-refractivity contribution in [1.82, 2.24) is 19.6 Å². The van der Waals surface area contributed by atoms with Crippen molar-refractivity contribution in [2.75, 3.05) is 32.8 Å². The van der Waals surface area contributed by atoms with E-state index in [2.05, 4.69) is 15.0 Å². The minimum absolute atomic E-state index is 0.0139. The number of rotatable bonds is 7. The van der Waals surface area contributed by atoms with Gasteiger partial charge >= 0.3 is 0 Å². The molecule has 0 saturated carbocycles. The largest absolute Gasteiger partial charge is 0.492 e. The molecule has 1 atom stereocenters. The minimum atomic E-state index is -0.633. The maximum atomic E-state index is 13.0. The zero-order valence-corrected chi connectivity index (χ0v) is 19.7. The van der Waals surface area contributed by atoms with Gasteiger partial charge in [0.1, 0.15) is 24.3 Å². The molecule has 9 heteroatoms. The number of aromatic nitrogens is 3. The Kier molecular flexibility index (Phi) is 6.67. The molecular weight excluding hydrogens is 434 g/mol. The fraction of sp³-hybridized carbons (Fsp3) is 0.560. The summed E-state index contributed by atoms with van der Waals surface area (Å²) in [6, 6.07) is 5.85. The molecule has 0 radical (unpaired) electrons. The number of aliphatic hydroxyl groups is 1. The van der Waals surface area contributed by atoms with Gasteiger partial charge in [-0.25, -0.2) is 4.98 Å². The average Bonchev–Trinajstić information content (AvgIpc) is 3.27. The Morgan fingerprint density at radius 3 is 2.85 bits per heavy atom. The van der Waals surface area contributed by atoms with Crippen molar-refractivity contribution in [3.05, 3.63) is 51.3 Å². The van der Waals surface area contributed by atoms with E-state index in [0.717, 1.165) is 72.6 Å². The van der Waals surface area contributed by atoms with Crippen molar-refractivity contribution in [2.24, 2.45) is 5.73 Å². The summed E-state index contributed by atoms with van der Waals surface area (Å²) >= 11 is 0. The summed E-state index contributed by atoms with van der Waals surface area (Å²) in [5.41, 5.74) is 8.81. The van der Waals surface area contributed by atoms with E-state index in [1.807, 2.05) is 25.1 Å². The van der Waals surface area contributed by atoms with Crippen molar-refractivity contribution in [3.8, 4) is 5.75 Å². The van der Waals surface area contributed by atoms with Gasteiger partial charge in [-0.2, -0.15) is 0 Å². The first kappa shape index (κ1) is 23.0. The van der Waals surface area contributed by atoms with Crippen LogP contribution in [0.25, 0.3) is 11.0 Å². The number of benzene rings is 1. The van der Waals surface area contributed by atoms with Crippen LogP contribution in [-0.2, 0) is 13.0 Å². The smallest absolute Gasteiger partial charge is 0.257 e. The fourth-order valence-corrected chi connectivity index (χ4v) is 5.25. The van der Waals surface area contributed by atoms with E-state index in [4.69, 9.17) is 15.0 Å². The SMILES string of the molecule is Cc1nc2n(c(=O)c1CCN1CCC(c3noc4cc(OCCN)ccc34)CC1)CCCC2O. The highest BCUT2D eigenvalue weighted by molar-refractivity contribution is 5.81. The first-order valence-corrected chi connectivity index (χ1v) is 12.3. The first-order valence-electron chi connectivity index (χ1n) is 12.3. The van der Waals surface area contributed by atoms with E-state index in [1.54, 1.807) is 4.57 Å². The third-order valence-electron chi connectivity index (χ3n) is 7.17. The molecule has 182 valence electrons. The van der Waals surface area contributed by atoms with Crippen LogP contribution in [0.3, 0.4) is 0 Å². The molecule has 4 heterocycles. The topological polar surface area (TPSA) is 120 Å². The zero-order valence-electron chi connectivity index (χ0n) is 19.7. The van der Waals surface area contributed by atoms with Gasteiger partial charge in [-0.1, -0.05) is 5.16 Å². The molecule has 0 spiro atoms. The molecule has 2 aliphatic rings. The molecule has 9 nitrogen and oxygen atoms in total. The highest BCUT2D eigenvalue weighted by Crippen LogP contribution is 2.34. The second-order valence-electron chi connectivity index (χ2n) is 9.38. The lowest BCUT2D eigenvalue weighted by Crippen LogP contribution is -2.37. The molecule has 1 fully saturated rings. The third-order valence-corrected chi connectivity index (χ3v) is 7.17. The van der Waals surface area contributed by atoms with E-state index in [1.165, 1.54) is 0 Å². The van der Waals surface area contributed by atoms with Gasteiger partial charge in [-0.05, 0) is 64.3 Å². The van der Waals surface area contributed by atoms with Gasteiger partial charge < -0.3 is 25.0 Å². The van der Waals surface area contributed by atoms with Crippen LogP contribution >= 0.6 is 0 Å². The molecule has 0 amide bonds. The number of nitrogens with two attached hydrogens (primary N) is 1. The summed E-state index contributed by atoms with van der Waals surface area (Å²) < 4.78 is 12.9. The monoisotopic (exact) mass is 467 g/mol. The van der Waals surface area contributed by atoms with Gasteiger partial charge in [0.15, 0.2) is 5.58 Å². The van der Waals surface area contributed by atoms with Gasteiger partial charge in [-0.3, -0.25) is 9.36 Å². The molecule has 1 saturated heterocycles. The number of ether oxygens (including phenoxy) is 1. The van der Waals surface area contributed by atoms with E-state index in [9.17, 15) is 9.90 Å². The minimum Gasteiger partial charge on any atom is -0.492 e. The average molecular weight is 468 g/mol. The van der Waals surface area contributed by atoms with Crippen LogP contribution < -0.4 is 16.0 Å². The molecule has 34 heavy (non-hydrogen) atoms. The van der Waals surface area contributed by atoms with Crippen LogP contribution in [0, 0.1) is 6.92 Å². The highest BCUT2D eigenvalue weighted by atomic mass is 16.5. The Hall–Kier alpha value is -2.75. The van der Waals surface area contributed by atoms with Crippen molar-refractivity contribution in [3.63, 3.8) is 0 Å². The highest BCUT2D eigenvalue weighted by Gasteiger charge is 2.27. The molecule has 1 unspecified atom stereocenters. The number of fused-ring (bicyclic) bond motifs is 2. The van der Waals surface area contributed by atoms with Crippen molar-refractivity contribution < 1.29 is 14.4 Å². The number of piperidine rings is 1. The van der Waals surface area contributed by atoms with E-state index >= 15 is 0 Å². The Labute approximate surface area is 198 Å². The summed E-state index contributed by atoms with van der Waals surface area (Å²) in [6.45, 7) is 6.20. The van der Waals surface area contributed by atoms with Gasteiger partial charge in [0.25, 0.3) is 5.56 Å². The summed E-state index contributed by atoms with van der Waals surface area (Å²) in [5.74, 6) is 1.62. The lowest BCUT2D eigenvalue weighted by atomic mass is 9.91. The molecule has 1 aromatic carbocycles. The number of nitrogens with zero attached hydrogens (tertiary/aromatic N) is 4. The molecule has 0 aliphatic carbocycles. The van der Waals surface area contributed by atoms with Crippen molar-refractivity contribution in [1.29, 1.82) is 0 Å². The zero-order chi connectivity index (χ0) is 23.7. The predicted molar refractivity (Wildman–Crippen MR) is 128 cm³/mol. The second kappa shape index (κ2) is 9.85. The standard InChI is InChI=1S/C25H33N5O4/c1-16-19(25(32)30-10-2-3-21(31)24(30)27-16)8-13-29-11-6-17(7-12-29)23-20-5-4-18(33-14-9-26)15-22(20)34-28-23/h4-5,15,17,21,31H,2-3,6-14,26H2,1H3. The molecule has 2 aromatic heterocycles. The van der Waals surface area contributed by atoms with Crippen molar-refractivity contribution in [2.45, 2.75) is 57.6 Å². The van der Waals surface area contributed by atoms with E-state index in [0.29, 0.717) is 44.3 Å². The Balaban J connectivity index is 1.21. The van der Waals surface area contributed by atoms with E-state index in [-0.39, 0.29) is 5.56 Å². The van der Waals surface area contributed by atoms with Gasteiger partial charge in [-0.15, -0.1) is 0 Å². The Morgan fingerprint density at radius 2 is 2.06 bits per heavy atom. The third kappa shape index (κ3) is 4.47. The molecule has 3 aromatic rings. The molecule has 0 bridgehead atoms. The molecule has 2 aliphatic heterocycles. The molecule has 5 rings (SSSR count). The molecular formula is C25H33N5O4. The summed E-state index contributed by atoms with van der Waals surface area (Å²) in [7, 11) is 0. The van der Waals surface area contributed by atoms with Crippen LogP contribution in [0.5, 0.6) is 5.75 Å². The maximum Gasteiger partial charge on any atom is 0.257 e. The Morgan fingerprint density at radius 1 is 1.24 bits per heavy atom. The number of aryl methyl sites for hydroxylation is 1. The number of hydrogen-bond acceptors (Lipinski definition) is 8. The lowest BCUT2D eigenvalue weighted by molar-refractivity contribution is 0.129. The van der Waals surface area contributed by atoms with Crippen LogP contribution in [0.15, 0.2) is 27.5 Å².